The molecule has 98 valence electrons. The quantitative estimate of drug-likeness (QED) is 0.653. The fourth-order valence-corrected chi connectivity index (χ4v) is 2.30. The van der Waals surface area contributed by atoms with E-state index in [-0.39, 0.29) is 11.8 Å². The van der Waals surface area contributed by atoms with Gasteiger partial charge in [0.1, 0.15) is 6.10 Å². The Labute approximate surface area is 106 Å². The van der Waals surface area contributed by atoms with Gasteiger partial charge in [0.2, 0.25) is 5.88 Å². The Morgan fingerprint density at radius 1 is 1.50 bits per heavy atom. The van der Waals surface area contributed by atoms with Gasteiger partial charge in [0, 0.05) is 18.3 Å². The lowest BCUT2D eigenvalue weighted by molar-refractivity contribution is -0.385. The zero-order valence-corrected chi connectivity index (χ0v) is 10.3. The van der Waals surface area contributed by atoms with Crippen LogP contribution in [0.4, 0.5) is 5.69 Å². The molecule has 1 aliphatic carbocycles. The Hall–Kier alpha value is -1.69. The van der Waals surface area contributed by atoms with Crippen molar-refractivity contribution in [2.24, 2.45) is 0 Å². The molecule has 0 bridgehead atoms. The van der Waals surface area contributed by atoms with Crippen molar-refractivity contribution in [2.75, 3.05) is 7.05 Å². The summed E-state index contributed by atoms with van der Waals surface area (Å²) in [6.45, 7) is 0. The van der Waals surface area contributed by atoms with E-state index < -0.39 is 4.92 Å². The van der Waals surface area contributed by atoms with E-state index in [0.29, 0.717) is 11.9 Å². The van der Waals surface area contributed by atoms with Gasteiger partial charge in [-0.2, -0.15) is 0 Å². The van der Waals surface area contributed by atoms with E-state index in [4.69, 9.17) is 4.74 Å². The normalized spacial score (nSPS) is 23.6. The van der Waals surface area contributed by atoms with Crippen LogP contribution in [0.15, 0.2) is 18.3 Å². The van der Waals surface area contributed by atoms with Crippen molar-refractivity contribution < 1.29 is 9.66 Å². The van der Waals surface area contributed by atoms with Crippen LogP contribution in [0.25, 0.3) is 0 Å². The van der Waals surface area contributed by atoms with Gasteiger partial charge >= 0.3 is 0 Å². The van der Waals surface area contributed by atoms with Crippen molar-refractivity contribution in [3.8, 4) is 5.88 Å². The monoisotopic (exact) mass is 251 g/mol. The summed E-state index contributed by atoms with van der Waals surface area (Å²) in [5, 5.41) is 13.9. The summed E-state index contributed by atoms with van der Waals surface area (Å²) < 4.78 is 5.77. The third kappa shape index (κ3) is 2.95. The molecule has 2 rings (SSSR count). The van der Waals surface area contributed by atoms with E-state index in [1.807, 2.05) is 7.05 Å². The van der Waals surface area contributed by atoms with Gasteiger partial charge in [-0.15, -0.1) is 0 Å². The zero-order valence-electron chi connectivity index (χ0n) is 10.3. The van der Waals surface area contributed by atoms with Crippen molar-refractivity contribution in [1.29, 1.82) is 0 Å². The average molecular weight is 251 g/mol. The van der Waals surface area contributed by atoms with E-state index in [2.05, 4.69) is 10.3 Å². The Balaban J connectivity index is 2.07. The maximum Gasteiger partial charge on any atom is 0.276 e. The molecule has 1 fully saturated rings. The molecule has 0 spiro atoms. The van der Waals surface area contributed by atoms with Gasteiger partial charge in [-0.05, 0) is 26.3 Å². The lowest BCUT2D eigenvalue weighted by Crippen LogP contribution is -2.43. The van der Waals surface area contributed by atoms with Crippen LogP contribution in [0.5, 0.6) is 5.88 Å². The highest BCUT2D eigenvalue weighted by atomic mass is 16.6. The second-order valence-corrected chi connectivity index (χ2v) is 4.45. The molecule has 0 aliphatic heterocycles. The van der Waals surface area contributed by atoms with Gasteiger partial charge in [0.15, 0.2) is 0 Å². The van der Waals surface area contributed by atoms with E-state index in [0.717, 1.165) is 19.3 Å². The van der Waals surface area contributed by atoms with E-state index in [9.17, 15) is 10.1 Å². The molecule has 0 amide bonds. The van der Waals surface area contributed by atoms with E-state index in [1.54, 1.807) is 0 Å². The Morgan fingerprint density at radius 3 is 3.00 bits per heavy atom. The lowest BCUT2D eigenvalue weighted by atomic mass is 9.92. The molecule has 1 N–H and O–H groups in total. The number of rotatable bonds is 4. The minimum Gasteiger partial charge on any atom is -0.473 e. The van der Waals surface area contributed by atoms with E-state index >= 15 is 0 Å². The van der Waals surface area contributed by atoms with Crippen LogP contribution in [-0.2, 0) is 0 Å². The molecule has 1 aromatic heterocycles. The summed E-state index contributed by atoms with van der Waals surface area (Å²) in [6, 6.07) is 3.03. The SMILES string of the molecule is CNC1CCCCC1Oc1cc([N+](=O)[O-])ccn1. The van der Waals surface area contributed by atoms with Crippen LogP contribution >= 0.6 is 0 Å². The number of ether oxygens (including phenoxy) is 1. The number of hydrogen-bond donors (Lipinski definition) is 1. The van der Waals surface area contributed by atoms with Crippen molar-refractivity contribution in [1.82, 2.24) is 10.3 Å². The molecule has 1 aliphatic rings. The smallest absolute Gasteiger partial charge is 0.276 e. The Morgan fingerprint density at radius 2 is 2.28 bits per heavy atom. The lowest BCUT2D eigenvalue weighted by Gasteiger charge is -2.31. The predicted octanol–water partition coefficient (Wildman–Crippen LogP) is 1.90. The zero-order chi connectivity index (χ0) is 13.0. The molecule has 2 atom stereocenters. The molecule has 18 heavy (non-hydrogen) atoms. The first-order valence-electron chi connectivity index (χ1n) is 6.15. The average Bonchev–Trinajstić information content (AvgIpc) is 2.39. The summed E-state index contributed by atoms with van der Waals surface area (Å²) in [5.74, 6) is 0.330. The molecule has 0 aromatic carbocycles. The van der Waals surface area contributed by atoms with Crippen LogP contribution in [0, 0.1) is 10.1 Å². The van der Waals surface area contributed by atoms with Crippen LogP contribution in [-0.4, -0.2) is 29.1 Å². The molecular formula is C12H17N3O3. The highest BCUT2D eigenvalue weighted by Gasteiger charge is 2.26. The number of hydrogen-bond acceptors (Lipinski definition) is 5. The van der Waals surface area contributed by atoms with Gasteiger partial charge in [-0.3, -0.25) is 10.1 Å². The van der Waals surface area contributed by atoms with Crippen molar-refractivity contribution in [2.45, 2.75) is 37.8 Å². The minimum absolute atomic E-state index is 0.0109. The maximum absolute atomic E-state index is 10.7. The maximum atomic E-state index is 10.7. The molecule has 6 nitrogen and oxygen atoms in total. The molecule has 6 heteroatoms. The number of nitrogens with zero attached hydrogens (tertiary/aromatic N) is 2. The summed E-state index contributed by atoms with van der Waals surface area (Å²) in [4.78, 5) is 14.3. The Bertz CT molecular complexity index is 425. The highest BCUT2D eigenvalue weighted by molar-refractivity contribution is 5.32. The molecular weight excluding hydrogens is 234 g/mol. The fourth-order valence-electron chi connectivity index (χ4n) is 2.30. The third-order valence-corrected chi connectivity index (χ3v) is 3.27. The van der Waals surface area contributed by atoms with Gasteiger partial charge in [0.25, 0.3) is 5.69 Å². The molecule has 0 saturated heterocycles. The fraction of sp³-hybridized carbons (Fsp3) is 0.583. The number of nitro groups is 1. The van der Waals surface area contributed by atoms with Crippen LogP contribution in [0.3, 0.4) is 0 Å². The number of aromatic nitrogens is 1. The van der Waals surface area contributed by atoms with Gasteiger partial charge < -0.3 is 10.1 Å². The first-order chi connectivity index (χ1) is 8.70. The first-order valence-corrected chi connectivity index (χ1v) is 6.15. The summed E-state index contributed by atoms with van der Waals surface area (Å²) in [6.07, 6.45) is 5.78. The first kappa shape index (κ1) is 12.8. The predicted molar refractivity (Wildman–Crippen MR) is 66.6 cm³/mol. The summed E-state index contributed by atoms with van der Waals surface area (Å²) >= 11 is 0. The Kier molecular flexibility index (Phi) is 4.09. The molecule has 1 heterocycles. The van der Waals surface area contributed by atoms with Crippen LogP contribution < -0.4 is 10.1 Å². The molecule has 1 aromatic rings. The number of nitrogens with one attached hydrogen (secondary N) is 1. The van der Waals surface area contributed by atoms with E-state index in [1.165, 1.54) is 24.8 Å². The highest BCUT2D eigenvalue weighted by Crippen LogP contribution is 2.24. The molecule has 1 saturated carbocycles. The van der Waals surface area contributed by atoms with Gasteiger partial charge in [0.05, 0.1) is 11.0 Å². The molecule has 2 unspecified atom stereocenters. The molecule has 0 radical (unpaired) electrons. The third-order valence-electron chi connectivity index (χ3n) is 3.27. The topological polar surface area (TPSA) is 77.3 Å². The van der Waals surface area contributed by atoms with Crippen molar-refractivity contribution in [3.63, 3.8) is 0 Å². The second-order valence-electron chi connectivity index (χ2n) is 4.45. The largest absolute Gasteiger partial charge is 0.473 e. The number of likely N-dealkylation sites (N-methyl/N-ethyl adjacent to an activating group) is 1. The number of pyridine rings is 1. The van der Waals surface area contributed by atoms with Crippen molar-refractivity contribution >= 4 is 5.69 Å². The van der Waals surface area contributed by atoms with Gasteiger partial charge in [-0.25, -0.2) is 4.98 Å². The van der Waals surface area contributed by atoms with Crippen LogP contribution in [0.2, 0.25) is 0 Å². The summed E-state index contributed by atoms with van der Waals surface area (Å²) in [7, 11) is 1.91. The standard InChI is InChI=1S/C12H17N3O3/c1-13-10-4-2-3-5-11(10)18-12-8-9(15(16)17)6-7-14-12/h6-8,10-11,13H,2-5H2,1H3. The minimum atomic E-state index is -0.440. The van der Waals surface area contributed by atoms with Gasteiger partial charge in [-0.1, -0.05) is 6.42 Å². The summed E-state index contributed by atoms with van der Waals surface area (Å²) in [5.41, 5.74) is 0.0109. The second kappa shape index (κ2) is 5.77. The van der Waals surface area contributed by atoms with Crippen LogP contribution in [0.1, 0.15) is 25.7 Å². The van der Waals surface area contributed by atoms with Crippen molar-refractivity contribution in [3.05, 3.63) is 28.4 Å².